The van der Waals surface area contributed by atoms with Crippen LogP contribution in [0.15, 0.2) is 35.8 Å². The highest BCUT2D eigenvalue weighted by atomic mass is 32.2. The number of aromatic nitrogens is 3. The highest BCUT2D eigenvalue weighted by Crippen LogP contribution is 2.28. The molecule has 11 nitrogen and oxygen atoms in total. The summed E-state index contributed by atoms with van der Waals surface area (Å²) in [6, 6.07) is 6.66. The maximum Gasteiger partial charge on any atom is 0.256 e. The van der Waals surface area contributed by atoms with E-state index in [9.17, 15) is 18.0 Å². The van der Waals surface area contributed by atoms with E-state index in [4.69, 9.17) is 9.72 Å². The molecule has 1 N–H and O–H groups in total. The van der Waals surface area contributed by atoms with Crippen molar-refractivity contribution in [3.63, 3.8) is 0 Å². The first-order chi connectivity index (χ1) is 18.0. The van der Waals surface area contributed by atoms with Gasteiger partial charge >= 0.3 is 0 Å². The number of nitrogens with one attached hydrogen (secondary N) is 1. The number of anilines is 2. The maximum absolute atomic E-state index is 13.0. The number of aryl methyl sites for hydroxylation is 1. The molecule has 202 valence electrons. The molecule has 38 heavy (non-hydrogen) atoms. The molecule has 2 aliphatic heterocycles. The van der Waals surface area contributed by atoms with Crippen LogP contribution in [0.2, 0.25) is 0 Å². The molecule has 0 aromatic carbocycles. The molecular weight excluding hydrogens is 528 g/mol. The lowest BCUT2D eigenvalue weighted by Gasteiger charge is -2.39. The number of hydrogen-bond acceptors (Lipinski definition) is 9. The van der Waals surface area contributed by atoms with Gasteiger partial charge in [0.15, 0.2) is 5.13 Å². The number of hydrogen-bond donors (Lipinski definition) is 1. The second-order valence-electron chi connectivity index (χ2n) is 9.80. The normalized spacial score (nSPS) is 21.7. The summed E-state index contributed by atoms with van der Waals surface area (Å²) in [5, 5.41) is 5.08. The highest BCUT2D eigenvalue weighted by Gasteiger charge is 2.39. The molecular formula is C25H30N6O5S2. The van der Waals surface area contributed by atoms with E-state index in [1.807, 2.05) is 37.4 Å². The minimum atomic E-state index is -3.52. The van der Waals surface area contributed by atoms with E-state index in [0.29, 0.717) is 35.2 Å². The van der Waals surface area contributed by atoms with Crippen LogP contribution in [0.4, 0.5) is 10.9 Å². The van der Waals surface area contributed by atoms with Crippen molar-refractivity contribution in [3.8, 4) is 11.4 Å². The van der Waals surface area contributed by atoms with Gasteiger partial charge in [0.05, 0.1) is 29.7 Å². The van der Waals surface area contributed by atoms with Crippen molar-refractivity contribution in [1.29, 1.82) is 0 Å². The molecule has 0 spiro atoms. The molecule has 5 heterocycles. The van der Waals surface area contributed by atoms with Gasteiger partial charge < -0.3 is 19.9 Å². The topological polar surface area (TPSA) is 127 Å². The van der Waals surface area contributed by atoms with E-state index >= 15 is 0 Å². The summed E-state index contributed by atoms with van der Waals surface area (Å²) in [6.07, 6.45) is 3.12. The van der Waals surface area contributed by atoms with Crippen molar-refractivity contribution in [2.45, 2.75) is 45.4 Å². The van der Waals surface area contributed by atoms with Crippen molar-refractivity contribution in [2.75, 3.05) is 36.1 Å². The number of carbonyl (C=O) groups is 2. The van der Waals surface area contributed by atoms with Crippen molar-refractivity contribution < 1.29 is 22.7 Å². The van der Waals surface area contributed by atoms with Crippen LogP contribution in [0, 0.1) is 6.92 Å². The molecule has 3 aromatic heterocycles. The summed E-state index contributed by atoms with van der Waals surface area (Å²) in [5.41, 5.74) is 2.03. The summed E-state index contributed by atoms with van der Waals surface area (Å²) in [7, 11) is -3.52. The molecule has 3 atom stereocenters. The number of ether oxygens (including phenoxy) is 1. The average molecular weight is 559 g/mol. The van der Waals surface area contributed by atoms with E-state index in [-0.39, 0.29) is 29.6 Å². The molecule has 2 fully saturated rings. The Balaban J connectivity index is 1.25. The number of amides is 2. The Hall–Kier alpha value is -3.29. The first-order valence-corrected chi connectivity index (χ1v) is 15.1. The number of nitrogens with zero attached hydrogens (tertiary/aromatic N) is 5. The summed E-state index contributed by atoms with van der Waals surface area (Å²) in [6.45, 7) is 7.64. The maximum atomic E-state index is 13.0. The zero-order valence-corrected chi connectivity index (χ0v) is 23.3. The smallest absolute Gasteiger partial charge is 0.256 e. The van der Waals surface area contributed by atoms with Gasteiger partial charge in [-0.1, -0.05) is 6.07 Å². The van der Waals surface area contributed by atoms with Crippen LogP contribution in [0.5, 0.6) is 0 Å². The molecule has 0 bridgehead atoms. The van der Waals surface area contributed by atoms with Crippen LogP contribution in [-0.2, 0) is 19.6 Å². The van der Waals surface area contributed by atoms with Crippen LogP contribution in [0.1, 0.15) is 36.3 Å². The molecule has 3 aromatic rings. The summed E-state index contributed by atoms with van der Waals surface area (Å²) >= 11 is 1.29. The van der Waals surface area contributed by atoms with Crippen molar-refractivity contribution in [1.82, 2.24) is 18.8 Å². The fraction of sp³-hybridized carbons (Fsp3) is 0.440. The predicted octanol–water partition coefficient (Wildman–Crippen LogP) is 2.59. The molecule has 0 aliphatic carbocycles. The van der Waals surface area contributed by atoms with Gasteiger partial charge in [-0.2, -0.15) is 0 Å². The van der Waals surface area contributed by atoms with Crippen LogP contribution < -0.4 is 10.2 Å². The lowest BCUT2D eigenvalue weighted by atomic mass is 10.0. The predicted molar refractivity (Wildman–Crippen MR) is 145 cm³/mol. The van der Waals surface area contributed by atoms with Gasteiger partial charge in [0, 0.05) is 36.9 Å². The monoisotopic (exact) mass is 558 g/mol. The minimum Gasteiger partial charge on any atom is -0.372 e. The fourth-order valence-corrected chi connectivity index (χ4v) is 6.43. The third-order valence-electron chi connectivity index (χ3n) is 6.63. The lowest BCUT2D eigenvalue weighted by molar-refractivity contribution is -0.123. The summed E-state index contributed by atoms with van der Waals surface area (Å²) in [4.78, 5) is 38.9. The average Bonchev–Trinajstić information content (AvgIpc) is 3.44. The number of pyridine rings is 1. The standard InChI is InChI=1S/C25H30N6O5S2/c1-15-10-18(13-31(15)38(4,34)35)24(33)30-9-8-21(30)23(32)28-25-27-20(14-37-25)19-6-5-7-22(26-19)29-11-16(2)36-17(3)12-29/h5-7,10,13-14,16-17,21H,8-9,11-12H2,1-4H3,(H,27,28,32)/t16-,17+,21-/m0/s1. The number of thiazole rings is 1. The Morgan fingerprint density at radius 3 is 2.50 bits per heavy atom. The number of carbonyl (C=O) groups excluding carboxylic acids is 2. The Morgan fingerprint density at radius 1 is 1.13 bits per heavy atom. The zero-order valence-electron chi connectivity index (χ0n) is 21.6. The molecule has 0 saturated carbocycles. The van der Waals surface area contributed by atoms with Gasteiger partial charge in [0.2, 0.25) is 15.9 Å². The van der Waals surface area contributed by atoms with Crippen molar-refractivity contribution in [2.24, 2.45) is 0 Å². The Kier molecular flexibility index (Phi) is 7.01. The SMILES string of the molecule is Cc1cc(C(=O)N2CC[C@H]2C(=O)Nc2nc(-c3cccc(N4C[C@@H](C)O[C@@H](C)C4)n3)cs2)cn1S(C)(=O)=O. The molecule has 5 rings (SSSR count). The quantitative estimate of drug-likeness (QED) is 0.489. The molecule has 2 saturated heterocycles. The van der Waals surface area contributed by atoms with Crippen LogP contribution >= 0.6 is 11.3 Å². The number of rotatable bonds is 6. The van der Waals surface area contributed by atoms with E-state index in [1.54, 1.807) is 6.92 Å². The Labute approximate surface area is 225 Å². The third-order valence-corrected chi connectivity index (χ3v) is 8.50. The molecule has 0 radical (unpaired) electrons. The largest absolute Gasteiger partial charge is 0.372 e. The van der Waals surface area contributed by atoms with Crippen LogP contribution in [-0.4, -0.2) is 83.2 Å². The van der Waals surface area contributed by atoms with E-state index < -0.39 is 16.1 Å². The van der Waals surface area contributed by atoms with Crippen LogP contribution in [0.3, 0.4) is 0 Å². The summed E-state index contributed by atoms with van der Waals surface area (Å²) < 4.78 is 30.7. The van der Waals surface area contributed by atoms with E-state index in [0.717, 1.165) is 29.1 Å². The van der Waals surface area contributed by atoms with Gasteiger partial charge in [0.1, 0.15) is 17.6 Å². The molecule has 0 unspecified atom stereocenters. The summed E-state index contributed by atoms with van der Waals surface area (Å²) in [5.74, 6) is 0.143. The molecule has 13 heteroatoms. The van der Waals surface area contributed by atoms with Crippen LogP contribution in [0.25, 0.3) is 11.4 Å². The van der Waals surface area contributed by atoms with Gasteiger partial charge in [-0.05, 0) is 45.4 Å². The fourth-order valence-electron chi connectivity index (χ4n) is 4.84. The van der Waals surface area contributed by atoms with Gasteiger partial charge in [-0.15, -0.1) is 11.3 Å². The van der Waals surface area contributed by atoms with Crippen molar-refractivity contribution in [3.05, 3.63) is 47.1 Å². The Bertz CT molecular complexity index is 1470. The lowest BCUT2D eigenvalue weighted by Crippen LogP contribution is -2.56. The zero-order chi connectivity index (χ0) is 27.2. The first kappa shape index (κ1) is 26.3. The molecule has 2 amide bonds. The van der Waals surface area contributed by atoms with Crippen molar-refractivity contribution >= 4 is 44.1 Å². The minimum absolute atomic E-state index is 0.117. The van der Waals surface area contributed by atoms with E-state index in [2.05, 4.69) is 15.2 Å². The Morgan fingerprint density at radius 2 is 1.87 bits per heavy atom. The number of morpholine rings is 1. The van der Waals surface area contributed by atoms with Gasteiger partial charge in [0.25, 0.3) is 5.91 Å². The van der Waals surface area contributed by atoms with Gasteiger partial charge in [-0.3, -0.25) is 9.59 Å². The third kappa shape index (κ3) is 5.31. The highest BCUT2D eigenvalue weighted by molar-refractivity contribution is 7.89. The number of likely N-dealkylation sites (tertiary alicyclic amines) is 1. The second kappa shape index (κ2) is 10.1. The molecule has 2 aliphatic rings. The second-order valence-corrected chi connectivity index (χ2v) is 12.5. The van der Waals surface area contributed by atoms with Gasteiger partial charge in [-0.25, -0.2) is 22.4 Å². The van der Waals surface area contributed by atoms with E-state index in [1.165, 1.54) is 28.5 Å². The first-order valence-electron chi connectivity index (χ1n) is 12.3.